The first-order chi connectivity index (χ1) is 9.03. The summed E-state index contributed by atoms with van der Waals surface area (Å²) >= 11 is 0. The highest BCUT2D eigenvalue weighted by atomic mass is 16.3. The highest BCUT2D eigenvalue weighted by Crippen LogP contribution is 2.45. The van der Waals surface area contributed by atoms with E-state index >= 15 is 0 Å². The second-order valence-electron chi connectivity index (χ2n) is 5.53. The zero-order chi connectivity index (χ0) is 13.6. The van der Waals surface area contributed by atoms with Gasteiger partial charge in [-0.1, -0.05) is 24.1 Å². The van der Waals surface area contributed by atoms with Crippen molar-refractivity contribution in [2.75, 3.05) is 5.32 Å². The fourth-order valence-electron chi connectivity index (χ4n) is 3.19. The summed E-state index contributed by atoms with van der Waals surface area (Å²) in [7, 11) is 0. The molecule has 1 aromatic rings. The van der Waals surface area contributed by atoms with Crippen molar-refractivity contribution in [2.24, 2.45) is 5.92 Å². The summed E-state index contributed by atoms with van der Waals surface area (Å²) in [6.45, 7) is 1.91. The zero-order valence-electron chi connectivity index (χ0n) is 10.9. The third kappa shape index (κ3) is 1.70. The molecule has 1 fully saturated rings. The number of ketones is 1. The maximum absolute atomic E-state index is 12.2. The van der Waals surface area contributed by atoms with Gasteiger partial charge in [-0.3, -0.25) is 9.59 Å². The number of anilines is 1. The molecule has 3 rings (SSSR count). The maximum Gasteiger partial charge on any atom is 0.261 e. The smallest absolute Gasteiger partial charge is 0.261 e. The second kappa shape index (κ2) is 4.17. The molecule has 0 bridgehead atoms. The van der Waals surface area contributed by atoms with Crippen molar-refractivity contribution in [1.29, 1.82) is 0 Å². The number of hydrogen-bond acceptors (Lipinski definition) is 3. The minimum absolute atomic E-state index is 0.00161. The minimum Gasteiger partial charge on any atom is -0.375 e. The van der Waals surface area contributed by atoms with Crippen LogP contribution in [0.5, 0.6) is 0 Å². The summed E-state index contributed by atoms with van der Waals surface area (Å²) < 4.78 is 0. The molecule has 100 valence electrons. The molecule has 0 saturated heterocycles. The average molecular weight is 259 g/mol. The van der Waals surface area contributed by atoms with Gasteiger partial charge < -0.3 is 10.4 Å². The highest BCUT2D eigenvalue weighted by molar-refractivity contribution is 6.08. The summed E-state index contributed by atoms with van der Waals surface area (Å²) in [5, 5.41) is 13.6. The Morgan fingerprint density at radius 2 is 2.11 bits per heavy atom. The van der Waals surface area contributed by atoms with Crippen molar-refractivity contribution in [1.82, 2.24) is 0 Å². The molecule has 1 amide bonds. The first kappa shape index (κ1) is 12.4. The van der Waals surface area contributed by atoms with Crippen LogP contribution in [0.3, 0.4) is 0 Å². The number of rotatable bonds is 1. The lowest BCUT2D eigenvalue weighted by Crippen LogP contribution is -2.46. The first-order valence-corrected chi connectivity index (χ1v) is 6.71. The van der Waals surface area contributed by atoms with E-state index in [2.05, 4.69) is 5.32 Å². The Morgan fingerprint density at radius 1 is 1.32 bits per heavy atom. The standard InChI is InChI=1S/C15H17NO3/c1-9-6-7-12-11(8-9)15(19,14(18)16-12)10-4-2-3-5-13(10)17/h6-8,10,19H,2-5H2,1H3,(H,16,18)/t10-,15-/m0/s1. The van der Waals surface area contributed by atoms with Gasteiger partial charge in [0.15, 0.2) is 5.60 Å². The van der Waals surface area contributed by atoms with Gasteiger partial charge in [0.1, 0.15) is 5.78 Å². The van der Waals surface area contributed by atoms with Gasteiger partial charge in [0.05, 0.1) is 5.92 Å². The molecule has 2 aliphatic rings. The third-order valence-corrected chi connectivity index (χ3v) is 4.24. The van der Waals surface area contributed by atoms with Gasteiger partial charge in [-0.25, -0.2) is 0 Å². The second-order valence-corrected chi connectivity index (χ2v) is 5.53. The van der Waals surface area contributed by atoms with E-state index in [0.29, 0.717) is 24.1 Å². The summed E-state index contributed by atoms with van der Waals surface area (Å²) in [6, 6.07) is 5.47. The number of Topliss-reactive ketones (excluding diaryl/α,β-unsaturated/α-hetero) is 1. The van der Waals surface area contributed by atoms with Crippen LogP contribution in [-0.2, 0) is 15.2 Å². The Labute approximate surface area is 111 Å². The molecule has 0 spiro atoms. The molecule has 1 saturated carbocycles. The van der Waals surface area contributed by atoms with E-state index in [0.717, 1.165) is 18.4 Å². The van der Waals surface area contributed by atoms with Crippen LogP contribution >= 0.6 is 0 Å². The molecule has 2 atom stereocenters. The van der Waals surface area contributed by atoms with Gasteiger partial charge >= 0.3 is 0 Å². The van der Waals surface area contributed by atoms with Crippen LogP contribution in [-0.4, -0.2) is 16.8 Å². The Kier molecular flexibility index (Phi) is 2.71. The van der Waals surface area contributed by atoms with E-state index in [1.54, 1.807) is 12.1 Å². The van der Waals surface area contributed by atoms with Crippen molar-refractivity contribution in [3.63, 3.8) is 0 Å². The van der Waals surface area contributed by atoms with Crippen molar-refractivity contribution < 1.29 is 14.7 Å². The molecule has 1 aliphatic heterocycles. The topological polar surface area (TPSA) is 66.4 Å². The third-order valence-electron chi connectivity index (χ3n) is 4.24. The Morgan fingerprint density at radius 3 is 2.84 bits per heavy atom. The molecular formula is C15H17NO3. The normalized spacial score (nSPS) is 30.1. The molecule has 0 aromatic heterocycles. The molecule has 0 unspecified atom stereocenters. The van der Waals surface area contributed by atoms with E-state index in [1.807, 2.05) is 13.0 Å². The number of aryl methyl sites for hydroxylation is 1. The largest absolute Gasteiger partial charge is 0.375 e. The van der Waals surface area contributed by atoms with E-state index in [1.165, 1.54) is 0 Å². The number of carbonyl (C=O) groups is 2. The molecule has 4 heteroatoms. The van der Waals surface area contributed by atoms with Gasteiger partial charge in [-0.2, -0.15) is 0 Å². The van der Waals surface area contributed by atoms with Gasteiger partial charge in [0, 0.05) is 17.7 Å². The van der Waals surface area contributed by atoms with Gasteiger partial charge in [0.2, 0.25) is 0 Å². The molecule has 1 aliphatic carbocycles. The van der Waals surface area contributed by atoms with Gasteiger partial charge in [0.25, 0.3) is 5.91 Å². The van der Waals surface area contributed by atoms with E-state index in [-0.39, 0.29) is 5.78 Å². The minimum atomic E-state index is -1.68. The summed E-state index contributed by atoms with van der Waals surface area (Å²) in [4.78, 5) is 24.3. The number of benzene rings is 1. The number of carbonyl (C=O) groups excluding carboxylic acids is 2. The number of aliphatic hydroxyl groups is 1. The maximum atomic E-state index is 12.2. The van der Waals surface area contributed by atoms with Crippen molar-refractivity contribution >= 4 is 17.4 Å². The molecule has 1 aromatic carbocycles. The molecule has 4 nitrogen and oxygen atoms in total. The van der Waals surface area contributed by atoms with Crippen LogP contribution in [0.15, 0.2) is 18.2 Å². The lowest BCUT2D eigenvalue weighted by atomic mass is 9.73. The van der Waals surface area contributed by atoms with E-state index in [9.17, 15) is 14.7 Å². The fraction of sp³-hybridized carbons (Fsp3) is 0.467. The first-order valence-electron chi connectivity index (χ1n) is 6.71. The summed E-state index contributed by atoms with van der Waals surface area (Å²) in [5.41, 5.74) is 0.463. The SMILES string of the molecule is Cc1ccc2c(c1)[C@@](O)([C@H]1CCCCC1=O)C(=O)N2. The van der Waals surface area contributed by atoms with E-state index < -0.39 is 17.4 Å². The van der Waals surface area contributed by atoms with Crippen molar-refractivity contribution in [2.45, 2.75) is 38.2 Å². The van der Waals surface area contributed by atoms with Crippen LogP contribution < -0.4 is 5.32 Å². The number of hydrogen-bond donors (Lipinski definition) is 2. The van der Waals surface area contributed by atoms with Gasteiger partial charge in [-0.15, -0.1) is 0 Å². The Balaban J connectivity index is 2.10. The monoisotopic (exact) mass is 259 g/mol. The molecule has 2 N–H and O–H groups in total. The number of amides is 1. The molecule has 19 heavy (non-hydrogen) atoms. The Hall–Kier alpha value is -1.68. The van der Waals surface area contributed by atoms with Crippen LogP contribution in [0.2, 0.25) is 0 Å². The predicted octanol–water partition coefficient (Wildman–Crippen LogP) is 1.89. The van der Waals surface area contributed by atoms with Crippen LogP contribution in [0.25, 0.3) is 0 Å². The van der Waals surface area contributed by atoms with Crippen molar-refractivity contribution in [3.8, 4) is 0 Å². The average Bonchev–Trinajstić information content (AvgIpc) is 2.64. The lowest BCUT2D eigenvalue weighted by Gasteiger charge is -2.32. The molecular weight excluding hydrogens is 242 g/mol. The fourth-order valence-corrected chi connectivity index (χ4v) is 3.19. The lowest BCUT2D eigenvalue weighted by molar-refractivity contribution is -0.150. The van der Waals surface area contributed by atoms with Crippen LogP contribution in [0, 0.1) is 12.8 Å². The van der Waals surface area contributed by atoms with Crippen molar-refractivity contribution in [3.05, 3.63) is 29.3 Å². The summed E-state index contributed by atoms with van der Waals surface area (Å²) in [5.74, 6) is -1.07. The molecule has 1 heterocycles. The van der Waals surface area contributed by atoms with Crippen LogP contribution in [0.1, 0.15) is 36.8 Å². The van der Waals surface area contributed by atoms with Crippen LogP contribution in [0.4, 0.5) is 5.69 Å². The number of fused-ring (bicyclic) bond motifs is 1. The zero-order valence-corrected chi connectivity index (χ0v) is 10.9. The molecule has 0 radical (unpaired) electrons. The van der Waals surface area contributed by atoms with Gasteiger partial charge in [-0.05, 0) is 25.8 Å². The predicted molar refractivity (Wildman–Crippen MR) is 70.7 cm³/mol. The number of nitrogens with one attached hydrogen (secondary N) is 1. The summed E-state index contributed by atoms with van der Waals surface area (Å²) in [6.07, 6.45) is 2.78. The highest BCUT2D eigenvalue weighted by Gasteiger charge is 2.53. The quantitative estimate of drug-likeness (QED) is 0.809. The Bertz CT molecular complexity index is 567. The van der Waals surface area contributed by atoms with E-state index in [4.69, 9.17) is 0 Å².